The van der Waals surface area contributed by atoms with Crippen LogP contribution < -0.4 is 10.6 Å². The van der Waals surface area contributed by atoms with Gasteiger partial charge < -0.3 is 10.6 Å². The maximum Gasteiger partial charge on any atom is 0.221 e. The van der Waals surface area contributed by atoms with Gasteiger partial charge in [0.2, 0.25) is 5.91 Å². The van der Waals surface area contributed by atoms with E-state index < -0.39 is 0 Å². The first-order chi connectivity index (χ1) is 10.3. The number of hydrogen-bond acceptors (Lipinski definition) is 2. The lowest BCUT2D eigenvalue weighted by atomic mass is 10.2. The third-order valence-corrected chi connectivity index (χ3v) is 3.13. The number of halogens is 1. The Balaban J connectivity index is 1.62. The molecule has 0 heterocycles. The molecule has 0 atom stereocenters. The van der Waals surface area contributed by atoms with E-state index in [2.05, 4.69) is 10.6 Å². The second kappa shape index (κ2) is 8.17. The zero-order valence-corrected chi connectivity index (χ0v) is 11.8. The van der Waals surface area contributed by atoms with Crippen LogP contribution in [0.2, 0.25) is 0 Å². The number of carbonyl (C=O) groups is 1. The van der Waals surface area contributed by atoms with Crippen LogP contribution in [0.4, 0.5) is 4.39 Å². The monoisotopic (exact) mass is 286 g/mol. The van der Waals surface area contributed by atoms with Crippen molar-refractivity contribution in [1.29, 1.82) is 0 Å². The van der Waals surface area contributed by atoms with Crippen molar-refractivity contribution in [2.24, 2.45) is 0 Å². The first-order valence-corrected chi connectivity index (χ1v) is 7.00. The molecule has 4 heteroatoms. The molecule has 110 valence electrons. The number of amides is 1. The minimum atomic E-state index is -0.224. The Labute approximate surface area is 124 Å². The average molecular weight is 286 g/mol. The smallest absolute Gasteiger partial charge is 0.221 e. The SMILES string of the molecule is O=C(CCNCc1ccccc1F)NCc1ccccc1. The van der Waals surface area contributed by atoms with E-state index in [1.165, 1.54) is 6.07 Å². The van der Waals surface area contributed by atoms with E-state index in [1.54, 1.807) is 18.2 Å². The summed E-state index contributed by atoms with van der Waals surface area (Å²) in [7, 11) is 0. The van der Waals surface area contributed by atoms with Crippen LogP contribution in [0.3, 0.4) is 0 Å². The van der Waals surface area contributed by atoms with Crippen molar-refractivity contribution in [1.82, 2.24) is 10.6 Å². The summed E-state index contributed by atoms with van der Waals surface area (Å²) in [6, 6.07) is 16.4. The lowest BCUT2D eigenvalue weighted by molar-refractivity contribution is -0.121. The van der Waals surface area contributed by atoms with Crippen molar-refractivity contribution >= 4 is 5.91 Å². The Morgan fingerprint density at radius 2 is 1.67 bits per heavy atom. The quantitative estimate of drug-likeness (QED) is 0.768. The van der Waals surface area contributed by atoms with Crippen molar-refractivity contribution in [2.75, 3.05) is 6.54 Å². The van der Waals surface area contributed by atoms with Gasteiger partial charge in [-0.3, -0.25) is 4.79 Å². The lowest BCUT2D eigenvalue weighted by Gasteiger charge is -2.07. The van der Waals surface area contributed by atoms with E-state index in [4.69, 9.17) is 0 Å². The summed E-state index contributed by atoms with van der Waals surface area (Å²) in [6.07, 6.45) is 0.376. The van der Waals surface area contributed by atoms with Crippen LogP contribution in [0.5, 0.6) is 0 Å². The van der Waals surface area contributed by atoms with Gasteiger partial charge in [-0.15, -0.1) is 0 Å². The van der Waals surface area contributed by atoms with Gasteiger partial charge in [-0.05, 0) is 11.6 Å². The fourth-order valence-corrected chi connectivity index (χ4v) is 1.95. The molecule has 0 aliphatic rings. The molecule has 0 saturated carbocycles. The standard InChI is InChI=1S/C17H19FN2O/c18-16-9-5-4-8-15(16)13-19-11-10-17(21)20-12-14-6-2-1-3-7-14/h1-9,19H,10-13H2,(H,20,21). The molecule has 2 aromatic rings. The van der Waals surface area contributed by atoms with Crippen LogP contribution in [0.25, 0.3) is 0 Å². The van der Waals surface area contributed by atoms with Crippen LogP contribution in [-0.4, -0.2) is 12.5 Å². The Morgan fingerprint density at radius 1 is 0.952 bits per heavy atom. The summed E-state index contributed by atoms with van der Waals surface area (Å²) in [5.74, 6) is -0.238. The second-order valence-electron chi connectivity index (χ2n) is 4.78. The lowest BCUT2D eigenvalue weighted by Crippen LogP contribution is -2.27. The van der Waals surface area contributed by atoms with Crippen molar-refractivity contribution < 1.29 is 9.18 Å². The predicted octanol–water partition coefficient (Wildman–Crippen LogP) is 2.62. The molecule has 0 fully saturated rings. The van der Waals surface area contributed by atoms with E-state index in [0.717, 1.165) is 5.56 Å². The molecule has 0 aromatic heterocycles. The average Bonchev–Trinajstić information content (AvgIpc) is 2.52. The Hall–Kier alpha value is -2.20. The van der Waals surface area contributed by atoms with Crippen LogP contribution >= 0.6 is 0 Å². The topological polar surface area (TPSA) is 41.1 Å². The first kappa shape index (κ1) is 15.2. The normalized spacial score (nSPS) is 10.3. The van der Waals surface area contributed by atoms with Gasteiger partial charge in [0.15, 0.2) is 0 Å². The number of benzene rings is 2. The zero-order valence-electron chi connectivity index (χ0n) is 11.8. The maximum atomic E-state index is 13.4. The highest BCUT2D eigenvalue weighted by molar-refractivity contribution is 5.76. The van der Waals surface area contributed by atoms with Gasteiger partial charge in [-0.2, -0.15) is 0 Å². The molecule has 0 aliphatic heterocycles. The maximum absolute atomic E-state index is 13.4. The highest BCUT2D eigenvalue weighted by Gasteiger charge is 2.02. The minimum absolute atomic E-state index is 0.0140. The highest BCUT2D eigenvalue weighted by Crippen LogP contribution is 2.05. The molecule has 2 N–H and O–H groups in total. The largest absolute Gasteiger partial charge is 0.352 e. The van der Waals surface area contributed by atoms with E-state index >= 15 is 0 Å². The first-order valence-electron chi connectivity index (χ1n) is 7.00. The van der Waals surface area contributed by atoms with Crippen molar-refractivity contribution in [2.45, 2.75) is 19.5 Å². The third kappa shape index (κ3) is 5.36. The molecule has 2 aromatic carbocycles. The molecule has 0 aliphatic carbocycles. The van der Waals surface area contributed by atoms with Crippen LogP contribution in [-0.2, 0) is 17.9 Å². The van der Waals surface area contributed by atoms with Crippen molar-refractivity contribution in [3.63, 3.8) is 0 Å². The molecule has 0 bridgehead atoms. The Morgan fingerprint density at radius 3 is 2.43 bits per heavy atom. The van der Waals surface area contributed by atoms with Gasteiger partial charge >= 0.3 is 0 Å². The second-order valence-corrected chi connectivity index (χ2v) is 4.78. The fourth-order valence-electron chi connectivity index (χ4n) is 1.95. The van der Waals surface area contributed by atoms with Crippen molar-refractivity contribution in [3.05, 3.63) is 71.5 Å². The molecule has 3 nitrogen and oxygen atoms in total. The van der Waals surface area contributed by atoms with Gasteiger partial charge in [0.05, 0.1) is 0 Å². The van der Waals surface area contributed by atoms with E-state index in [0.29, 0.717) is 31.6 Å². The van der Waals surface area contributed by atoms with Crippen LogP contribution in [0.1, 0.15) is 17.5 Å². The van der Waals surface area contributed by atoms with Gasteiger partial charge in [-0.1, -0.05) is 48.5 Å². The zero-order chi connectivity index (χ0) is 14.9. The molecular weight excluding hydrogens is 267 g/mol. The summed E-state index contributed by atoms with van der Waals surface area (Å²) in [6.45, 7) is 1.49. The van der Waals surface area contributed by atoms with Crippen LogP contribution in [0.15, 0.2) is 54.6 Å². The molecule has 0 radical (unpaired) electrons. The Kier molecular flexibility index (Phi) is 5.91. The summed E-state index contributed by atoms with van der Waals surface area (Å²) >= 11 is 0. The minimum Gasteiger partial charge on any atom is -0.352 e. The predicted molar refractivity (Wildman–Crippen MR) is 81.0 cm³/mol. The number of carbonyl (C=O) groups excluding carboxylic acids is 1. The Bertz CT molecular complexity index is 572. The third-order valence-electron chi connectivity index (χ3n) is 3.13. The van der Waals surface area contributed by atoms with Gasteiger partial charge in [0.1, 0.15) is 5.82 Å². The molecule has 0 unspecified atom stereocenters. The molecule has 0 saturated heterocycles. The highest BCUT2D eigenvalue weighted by atomic mass is 19.1. The summed E-state index contributed by atoms with van der Waals surface area (Å²) in [4.78, 5) is 11.7. The molecule has 2 rings (SSSR count). The summed E-state index contributed by atoms with van der Waals surface area (Å²) < 4.78 is 13.4. The number of rotatable bonds is 7. The van der Waals surface area contributed by atoms with Gasteiger partial charge in [-0.25, -0.2) is 4.39 Å². The summed E-state index contributed by atoms with van der Waals surface area (Å²) in [5, 5.41) is 5.93. The molecule has 1 amide bonds. The molecule has 0 spiro atoms. The van der Waals surface area contributed by atoms with E-state index in [1.807, 2.05) is 30.3 Å². The number of nitrogens with one attached hydrogen (secondary N) is 2. The number of hydrogen-bond donors (Lipinski definition) is 2. The van der Waals surface area contributed by atoms with Gasteiger partial charge in [0, 0.05) is 31.6 Å². The molecule has 21 heavy (non-hydrogen) atoms. The van der Waals surface area contributed by atoms with E-state index in [9.17, 15) is 9.18 Å². The van der Waals surface area contributed by atoms with E-state index in [-0.39, 0.29) is 11.7 Å². The van der Waals surface area contributed by atoms with Crippen molar-refractivity contribution in [3.8, 4) is 0 Å². The fraction of sp³-hybridized carbons (Fsp3) is 0.235. The van der Waals surface area contributed by atoms with Gasteiger partial charge in [0.25, 0.3) is 0 Å². The molecular formula is C17H19FN2O. The summed E-state index contributed by atoms with van der Waals surface area (Å²) in [5.41, 5.74) is 1.69. The van der Waals surface area contributed by atoms with Crippen LogP contribution in [0, 0.1) is 5.82 Å².